The van der Waals surface area contributed by atoms with Crippen molar-refractivity contribution in [3.8, 4) is 5.69 Å². The molecule has 0 amide bonds. The molecule has 0 spiro atoms. The predicted molar refractivity (Wildman–Crippen MR) is 129 cm³/mol. The van der Waals surface area contributed by atoms with E-state index in [0.717, 1.165) is 37.8 Å². The minimum Gasteiger partial charge on any atom is -0.265 e. The van der Waals surface area contributed by atoms with Gasteiger partial charge in [-0.25, -0.2) is 13.2 Å². The van der Waals surface area contributed by atoms with E-state index >= 15 is 0 Å². The van der Waals surface area contributed by atoms with Gasteiger partial charge in [0.25, 0.3) is 0 Å². The van der Waals surface area contributed by atoms with Crippen molar-refractivity contribution >= 4 is 54.9 Å². The number of anilines is 1. The molecule has 0 fully saturated rings. The van der Waals surface area contributed by atoms with Crippen LogP contribution in [0, 0.1) is 13.8 Å². The van der Waals surface area contributed by atoms with Crippen LogP contribution in [-0.2, 0) is 15.8 Å². The zero-order chi connectivity index (χ0) is 22.6. The van der Waals surface area contributed by atoms with E-state index < -0.39 is 15.7 Å². The Morgan fingerprint density at radius 3 is 2.58 bits per heavy atom. The van der Waals surface area contributed by atoms with Crippen LogP contribution in [0.25, 0.3) is 5.69 Å². The topological polar surface area (TPSA) is 81.1 Å². The van der Waals surface area contributed by atoms with Crippen molar-refractivity contribution in [2.45, 2.75) is 43.1 Å². The number of benzene rings is 1. The number of nitrogens with one attached hydrogen (secondary N) is 1. The van der Waals surface area contributed by atoms with Crippen LogP contribution >= 0.6 is 39.0 Å². The number of sulfonamides is 1. The molecule has 2 aliphatic rings. The Bertz CT molecular complexity index is 1180. The number of rotatable bonds is 10. The number of imidazole rings is 1. The lowest BCUT2D eigenvalue weighted by Crippen LogP contribution is -2.17. The van der Waals surface area contributed by atoms with Crippen molar-refractivity contribution in [3.05, 3.63) is 55.4 Å². The molecule has 2 heterocycles. The summed E-state index contributed by atoms with van der Waals surface area (Å²) in [7, 11) is -3.78. The van der Waals surface area contributed by atoms with Crippen LogP contribution < -0.4 is 10.4 Å². The highest BCUT2D eigenvalue weighted by Crippen LogP contribution is 2.38. The van der Waals surface area contributed by atoms with Crippen molar-refractivity contribution in [3.63, 3.8) is 0 Å². The Labute approximate surface area is 197 Å². The molecule has 0 unspecified atom stereocenters. The molecule has 0 saturated heterocycles. The molecule has 0 radical (unpaired) electrons. The molecule has 1 aromatic carbocycles. The average molecular weight is 549 g/mol. The van der Waals surface area contributed by atoms with Gasteiger partial charge in [-0.2, -0.15) is 4.98 Å². The molecule has 0 aliphatic carbocycles. The Morgan fingerprint density at radius 1 is 1.19 bits per heavy atom. The highest BCUT2D eigenvalue weighted by Gasteiger charge is 2.26. The van der Waals surface area contributed by atoms with Crippen LogP contribution in [0.15, 0.2) is 37.7 Å². The summed E-state index contributed by atoms with van der Waals surface area (Å²) in [6.07, 6.45) is 2.16. The standard InChI is InChI=1S/C20H23BrFN3O3S3/c1-13-14(2)30-19(29-11-5-3-4-10-22)17-18(23-20(26)25(13)17)24-31(27,28)12-15-6-8-16(21)9-7-15/h6-9H,3-5,10-12H2,1-2H3,(H,23,24,26). The van der Waals surface area contributed by atoms with Gasteiger partial charge in [0.15, 0.2) is 5.82 Å². The van der Waals surface area contributed by atoms with Gasteiger partial charge in [0, 0.05) is 15.0 Å². The largest absolute Gasteiger partial charge is 0.354 e. The van der Waals surface area contributed by atoms with Gasteiger partial charge in [0.1, 0.15) is 5.69 Å². The third kappa shape index (κ3) is 6.09. The van der Waals surface area contributed by atoms with Gasteiger partial charge >= 0.3 is 5.69 Å². The molecule has 1 N–H and O–H groups in total. The quantitative estimate of drug-likeness (QED) is 0.275. The van der Waals surface area contributed by atoms with E-state index in [2.05, 4.69) is 25.6 Å². The molecule has 6 nitrogen and oxygen atoms in total. The second-order valence-corrected chi connectivity index (χ2v) is 12.3. The van der Waals surface area contributed by atoms with Crippen LogP contribution in [0.4, 0.5) is 10.2 Å². The second-order valence-electron chi connectivity index (χ2n) is 7.04. The van der Waals surface area contributed by atoms with Crippen molar-refractivity contribution in [2.24, 2.45) is 0 Å². The molecule has 168 valence electrons. The summed E-state index contributed by atoms with van der Waals surface area (Å²) in [6, 6.07) is 7.00. The molecule has 0 atom stereocenters. The number of unbranched alkanes of at least 4 members (excludes halogenated alkanes) is 2. The van der Waals surface area contributed by atoms with Crippen LogP contribution in [0.1, 0.15) is 35.4 Å². The first kappa shape index (κ1) is 24.2. The van der Waals surface area contributed by atoms with E-state index in [1.165, 1.54) is 27.7 Å². The number of fused-ring (bicyclic) bond motifs is 1. The molecule has 2 aliphatic heterocycles. The van der Waals surface area contributed by atoms with Gasteiger partial charge in [-0.3, -0.25) is 13.7 Å². The van der Waals surface area contributed by atoms with E-state index in [-0.39, 0.29) is 18.2 Å². The molecule has 0 saturated carbocycles. The summed E-state index contributed by atoms with van der Waals surface area (Å²) in [5.74, 6) is 0.569. The van der Waals surface area contributed by atoms with Crippen LogP contribution in [0.3, 0.4) is 0 Å². The zero-order valence-electron chi connectivity index (χ0n) is 17.2. The maximum absolute atomic E-state index is 12.8. The lowest BCUT2D eigenvalue weighted by molar-refractivity contribution is 0.460. The Balaban J connectivity index is 1.91. The average Bonchev–Trinajstić information content (AvgIpc) is 3.02. The third-order valence-electron chi connectivity index (χ3n) is 4.66. The third-order valence-corrected chi connectivity index (χ3v) is 8.94. The van der Waals surface area contributed by atoms with Crippen molar-refractivity contribution < 1.29 is 12.8 Å². The first-order chi connectivity index (χ1) is 14.7. The fraction of sp³-hybridized carbons (Fsp3) is 0.400. The van der Waals surface area contributed by atoms with Gasteiger partial charge < -0.3 is 0 Å². The summed E-state index contributed by atoms with van der Waals surface area (Å²) in [5.41, 5.74) is 1.33. The van der Waals surface area contributed by atoms with Crippen molar-refractivity contribution in [1.29, 1.82) is 0 Å². The van der Waals surface area contributed by atoms with E-state index in [9.17, 15) is 17.6 Å². The Hall–Kier alpha value is -1.43. The maximum atomic E-state index is 12.8. The lowest BCUT2D eigenvalue weighted by atomic mass is 10.2. The number of hydrogen-bond acceptors (Lipinski definition) is 6. The molecular formula is C20H23BrFN3O3S3. The SMILES string of the molecule is Cc1sc(SCCCCCF)c2c(NS(=O)(=O)Cc3ccc(Br)cc3)nc(=O)n-2c1C. The highest BCUT2D eigenvalue weighted by molar-refractivity contribution is 9.10. The normalized spacial score (nSPS) is 11.9. The first-order valence-electron chi connectivity index (χ1n) is 9.68. The summed E-state index contributed by atoms with van der Waals surface area (Å²) in [4.78, 5) is 17.5. The van der Waals surface area contributed by atoms with Gasteiger partial charge in [0.05, 0.1) is 16.6 Å². The van der Waals surface area contributed by atoms with Crippen LogP contribution in [0.5, 0.6) is 0 Å². The molecule has 1 aromatic rings. The number of hydrogen-bond donors (Lipinski definition) is 1. The molecule has 11 heteroatoms. The fourth-order valence-corrected chi connectivity index (χ4v) is 6.93. The number of thioether (sulfide) groups is 1. The molecule has 3 rings (SSSR count). The van der Waals surface area contributed by atoms with Gasteiger partial charge in [-0.1, -0.05) is 34.5 Å². The van der Waals surface area contributed by atoms with E-state index in [1.807, 2.05) is 13.8 Å². The van der Waals surface area contributed by atoms with Crippen LogP contribution in [-0.4, -0.2) is 30.4 Å². The monoisotopic (exact) mass is 547 g/mol. The minimum atomic E-state index is -3.78. The lowest BCUT2D eigenvalue weighted by Gasteiger charge is -2.16. The number of aromatic nitrogens is 2. The number of aryl methyl sites for hydroxylation is 1. The van der Waals surface area contributed by atoms with Crippen molar-refractivity contribution in [2.75, 3.05) is 17.1 Å². The number of halogens is 2. The molecule has 31 heavy (non-hydrogen) atoms. The molecule has 0 bridgehead atoms. The summed E-state index contributed by atoms with van der Waals surface area (Å²) >= 11 is 6.38. The van der Waals surface area contributed by atoms with Crippen LogP contribution in [0.2, 0.25) is 0 Å². The van der Waals surface area contributed by atoms with Gasteiger partial charge in [-0.15, -0.1) is 23.1 Å². The van der Waals surface area contributed by atoms with E-state index in [4.69, 9.17) is 0 Å². The smallest absolute Gasteiger partial charge is 0.265 e. The van der Waals surface area contributed by atoms with Gasteiger partial charge in [-0.05, 0) is 50.1 Å². The molecule has 0 aromatic heterocycles. The van der Waals surface area contributed by atoms with E-state index in [1.54, 1.807) is 24.3 Å². The highest BCUT2D eigenvalue weighted by atomic mass is 79.9. The molecular weight excluding hydrogens is 525 g/mol. The van der Waals surface area contributed by atoms with E-state index in [0.29, 0.717) is 17.7 Å². The Kier molecular flexibility index (Phi) is 8.17. The second kappa shape index (κ2) is 10.5. The van der Waals surface area contributed by atoms with Crippen molar-refractivity contribution in [1.82, 2.24) is 9.55 Å². The fourth-order valence-electron chi connectivity index (χ4n) is 3.01. The number of alkyl halides is 1. The summed E-state index contributed by atoms with van der Waals surface area (Å²) < 4.78 is 43.6. The maximum Gasteiger partial charge on any atom is 0.354 e. The summed E-state index contributed by atoms with van der Waals surface area (Å²) in [6.45, 7) is 3.41. The Morgan fingerprint density at radius 2 is 1.90 bits per heavy atom. The minimum absolute atomic E-state index is 0.0488. The first-order valence-corrected chi connectivity index (χ1v) is 13.9. The number of nitrogens with zero attached hydrogens (tertiary/aromatic N) is 2. The van der Waals surface area contributed by atoms with Gasteiger partial charge in [0.2, 0.25) is 10.0 Å². The summed E-state index contributed by atoms with van der Waals surface area (Å²) in [5, 5.41) is 0. The zero-order valence-corrected chi connectivity index (χ0v) is 21.2. The predicted octanol–water partition coefficient (Wildman–Crippen LogP) is 5.28.